The van der Waals surface area contributed by atoms with Crippen LogP contribution in [0, 0.1) is 0 Å². The molecule has 1 N–H and O–H groups in total. The number of benzene rings is 2. The highest BCUT2D eigenvalue weighted by Crippen LogP contribution is 2.23. The molecule has 0 unspecified atom stereocenters. The number of Topliss-reactive ketones (excluding diaryl/α,β-unsaturated/α-hetero) is 1. The Morgan fingerprint density at radius 3 is 1.96 bits per heavy atom. The van der Waals surface area contributed by atoms with Crippen LogP contribution in [0.4, 0.5) is 5.69 Å². The summed E-state index contributed by atoms with van der Waals surface area (Å²) in [5, 5.41) is 2.71. The van der Waals surface area contributed by atoms with Crippen molar-refractivity contribution in [1.82, 2.24) is 4.31 Å². The van der Waals surface area contributed by atoms with Crippen molar-refractivity contribution >= 4 is 27.4 Å². The summed E-state index contributed by atoms with van der Waals surface area (Å²) in [5.74, 6) is -0.580. The molecule has 0 fully saturated rings. The van der Waals surface area contributed by atoms with Crippen molar-refractivity contribution in [2.75, 3.05) is 18.9 Å². The fraction of sp³-hybridized carbons (Fsp3) is 0.333. The molecule has 0 bridgehead atoms. The summed E-state index contributed by atoms with van der Waals surface area (Å²) in [6.07, 6.45) is 0. The van der Waals surface area contributed by atoms with Gasteiger partial charge in [-0.2, -0.15) is 4.31 Å². The molecule has 0 aliphatic carbocycles. The Labute approximate surface area is 166 Å². The third-order valence-corrected chi connectivity index (χ3v) is 6.19. The molecule has 0 aliphatic rings. The summed E-state index contributed by atoms with van der Waals surface area (Å²) in [6.45, 7) is 7.39. The largest absolute Gasteiger partial charge is 0.325 e. The van der Waals surface area contributed by atoms with Crippen LogP contribution < -0.4 is 5.32 Å². The van der Waals surface area contributed by atoms with Gasteiger partial charge in [0, 0.05) is 18.3 Å². The van der Waals surface area contributed by atoms with Gasteiger partial charge in [0.05, 0.1) is 11.4 Å². The van der Waals surface area contributed by atoms with Crippen LogP contribution >= 0.6 is 0 Å². The minimum atomic E-state index is -3.83. The first-order chi connectivity index (χ1) is 12.9. The van der Waals surface area contributed by atoms with Crippen molar-refractivity contribution in [2.45, 2.75) is 38.0 Å². The fourth-order valence-corrected chi connectivity index (χ4v) is 3.71. The van der Waals surface area contributed by atoms with Gasteiger partial charge < -0.3 is 5.32 Å². The van der Waals surface area contributed by atoms with Crippen molar-refractivity contribution in [3.63, 3.8) is 0 Å². The number of hydrogen-bond acceptors (Lipinski definition) is 4. The zero-order chi connectivity index (χ0) is 21.1. The fourth-order valence-electron chi connectivity index (χ4n) is 2.58. The highest BCUT2D eigenvalue weighted by Gasteiger charge is 2.23. The molecule has 2 rings (SSSR count). The SMILES string of the molecule is CC(=O)c1ccc(S(=O)(=O)N(C)CC(=O)Nc2ccc(C(C)(C)C)cc2)cc1. The van der Waals surface area contributed by atoms with E-state index < -0.39 is 15.9 Å². The van der Waals surface area contributed by atoms with Crippen LogP contribution in [0.3, 0.4) is 0 Å². The Morgan fingerprint density at radius 1 is 0.964 bits per heavy atom. The van der Waals surface area contributed by atoms with Gasteiger partial charge in [-0.3, -0.25) is 9.59 Å². The lowest BCUT2D eigenvalue weighted by Crippen LogP contribution is -2.35. The lowest BCUT2D eigenvalue weighted by molar-refractivity contribution is -0.116. The van der Waals surface area contributed by atoms with Crippen molar-refractivity contribution in [2.24, 2.45) is 0 Å². The number of rotatable bonds is 6. The molecule has 28 heavy (non-hydrogen) atoms. The van der Waals surface area contributed by atoms with Gasteiger partial charge in [0.1, 0.15) is 0 Å². The standard InChI is InChI=1S/C21H26N2O4S/c1-15(24)16-6-12-19(13-7-16)28(26,27)23(5)14-20(25)22-18-10-8-17(9-11-18)21(2,3)4/h6-13H,14H2,1-5H3,(H,22,25). The van der Waals surface area contributed by atoms with E-state index in [1.807, 2.05) is 12.1 Å². The number of sulfonamides is 1. The first-order valence-electron chi connectivity index (χ1n) is 8.89. The second kappa shape index (κ2) is 8.24. The molecule has 0 atom stereocenters. The number of anilines is 1. The van der Waals surface area contributed by atoms with Gasteiger partial charge in [-0.15, -0.1) is 0 Å². The van der Waals surface area contributed by atoms with Crippen LogP contribution in [-0.4, -0.2) is 38.0 Å². The molecule has 2 aromatic carbocycles. The minimum Gasteiger partial charge on any atom is -0.325 e. The molecule has 0 spiro atoms. The molecular weight excluding hydrogens is 376 g/mol. The lowest BCUT2D eigenvalue weighted by Gasteiger charge is -2.20. The van der Waals surface area contributed by atoms with Crippen molar-refractivity contribution in [3.8, 4) is 0 Å². The van der Waals surface area contributed by atoms with E-state index in [1.54, 1.807) is 12.1 Å². The first kappa shape index (κ1) is 21.8. The average Bonchev–Trinajstić information content (AvgIpc) is 2.61. The number of nitrogens with one attached hydrogen (secondary N) is 1. The van der Waals surface area contributed by atoms with E-state index >= 15 is 0 Å². The van der Waals surface area contributed by atoms with Crippen LogP contribution in [0.15, 0.2) is 53.4 Å². The maximum absolute atomic E-state index is 12.6. The molecule has 0 saturated carbocycles. The van der Waals surface area contributed by atoms with Gasteiger partial charge in [-0.1, -0.05) is 45.0 Å². The van der Waals surface area contributed by atoms with Gasteiger partial charge in [0.15, 0.2) is 5.78 Å². The smallest absolute Gasteiger partial charge is 0.243 e. The topological polar surface area (TPSA) is 83.6 Å². The number of carbonyl (C=O) groups excluding carboxylic acids is 2. The highest BCUT2D eigenvalue weighted by atomic mass is 32.2. The monoisotopic (exact) mass is 402 g/mol. The number of likely N-dealkylation sites (N-methyl/N-ethyl adjacent to an activating group) is 1. The molecule has 2 aromatic rings. The van der Waals surface area contributed by atoms with Crippen molar-refractivity contribution < 1.29 is 18.0 Å². The van der Waals surface area contributed by atoms with Gasteiger partial charge >= 0.3 is 0 Å². The summed E-state index contributed by atoms with van der Waals surface area (Å²) >= 11 is 0. The normalized spacial score (nSPS) is 12.1. The second-order valence-electron chi connectivity index (χ2n) is 7.72. The molecule has 0 radical (unpaired) electrons. The van der Waals surface area contributed by atoms with Crippen LogP contribution in [-0.2, 0) is 20.2 Å². The number of carbonyl (C=O) groups is 2. The number of ketones is 1. The summed E-state index contributed by atoms with van der Waals surface area (Å²) < 4.78 is 26.2. The van der Waals surface area contributed by atoms with E-state index in [2.05, 4.69) is 26.1 Å². The van der Waals surface area contributed by atoms with Crippen molar-refractivity contribution in [1.29, 1.82) is 0 Å². The number of hydrogen-bond donors (Lipinski definition) is 1. The Kier molecular flexibility index (Phi) is 6.41. The molecule has 6 nitrogen and oxygen atoms in total. The summed E-state index contributed by atoms with van der Waals surface area (Å²) in [7, 11) is -2.49. The van der Waals surface area contributed by atoms with E-state index in [9.17, 15) is 18.0 Å². The van der Waals surface area contributed by atoms with Gasteiger partial charge in [-0.05, 0) is 42.2 Å². The molecule has 0 heterocycles. The Hall–Kier alpha value is -2.51. The molecule has 0 aliphatic heterocycles. The van der Waals surface area contributed by atoms with Crippen LogP contribution in [0.25, 0.3) is 0 Å². The summed E-state index contributed by atoms with van der Waals surface area (Å²) in [5.41, 5.74) is 2.18. The second-order valence-corrected chi connectivity index (χ2v) is 9.76. The molecule has 0 aromatic heterocycles. The first-order valence-corrected chi connectivity index (χ1v) is 10.3. The van der Waals surface area contributed by atoms with Crippen LogP contribution in [0.1, 0.15) is 43.6 Å². The van der Waals surface area contributed by atoms with Crippen molar-refractivity contribution in [3.05, 3.63) is 59.7 Å². The third-order valence-electron chi connectivity index (χ3n) is 4.37. The number of nitrogens with zero attached hydrogens (tertiary/aromatic N) is 1. The molecule has 150 valence electrons. The van der Waals surface area contributed by atoms with E-state index in [1.165, 1.54) is 38.2 Å². The predicted molar refractivity (Wildman–Crippen MR) is 110 cm³/mol. The van der Waals surface area contributed by atoms with E-state index in [-0.39, 0.29) is 22.6 Å². The van der Waals surface area contributed by atoms with Crippen LogP contribution in [0.2, 0.25) is 0 Å². The van der Waals surface area contributed by atoms with Gasteiger partial charge in [-0.25, -0.2) is 8.42 Å². The zero-order valence-corrected chi connectivity index (χ0v) is 17.6. The van der Waals surface area contributed by atoms with Gasteiger partial charge in [0.2, 0.25) is 15.9 Å². The summed E-state index contributed by atoms with van der Waals surface area (Å²) in [4.78, 5) is 23.6. The maximum Gasteiger partial charge on any atom is 0.243 e. The summed E-state index contributed by atoms with van der Waals surface area (Å²) in [6, 6.07) is 13.1. The van der Waals surface area contributed by atoms with Crippen LogP contribution in [0.5, 0.6) is 0 Å². The Bertz CT molecular complexity index is 957. The van der Waals surface area contributed by atoms with E-state index in [0.29, 0.717) is 11.3 Å². The highest BCUT2D eigenvalue weighted by molar-refractivity contribution is 7.89. The molecule has 7 heteroatoms. The van der Waals surface area contributed by atoms with Gasteiger partial charge in [0.25, 0.3) is 0 Å². The molecule has 1 amide bonds. The van der Waals surface area contributed by atoms with E-state index in [0.717, 1.165) is 9.87 Å². The molecular formula is C21H26N2O4S. The Balaban J connectivity index is 2.05. The quantitative estimate of drug-likeness (QED) is 0.750. The number of amides is 1. The lowest BCUT2D eigenvalue weighted by atomic mass is 9.87. The third kappa shape index (κ3) is 5.27. The predicted octanol–water partition coefficient (Wildman–Crippen LogP) is 3.45. The average molecular weight is 403 g/mol. The maximum atomic E-state index is 12.6. The zero-order valence-electron chi connectivity index (χ0n) is 16.8. The molecule has 0 saturated heterocycles. The minimum absolute atomic E-state index is 0.00870. The van der Waals surface area contributed by atoms with E-state index in [4.69, 9.17) is 0 Å². The Morgan fingerprint density at radius 2 is 1.50 bits per heavy atom.